The summed E-state index contributed by atoms with van der Waals surface area (Å²) < 4.78 is 11.8. The van der Waals surface area contributed by atoms with Gasteiger partial charge >= 0.3 is 0 Å². The van der Waals surface area contributed by atoms with Crippen molar-refractivity contribution >= 4 is 29.2 Å². The molecule has 1 atom stereocenters. The van der Waals surface area contributed by atoms with Crippen LogP contribution in [-0.4, -0.2) is 65.6 Å². The molecule has 176 valence electrons. The van der Waals surface area contributed by atoms with Gasteiger partial charge in [-0.3, -0.25) is 0 Å². The molecule has 0 bridgehead atoms. The normalized spacial score (nSPS) is 23.5. The van der Waals surface area contributed by atoms with Crippen LogP contribution in [0.25, 0.3) is 0 Å². The fourth-order valence-electron chi connectivity index (χ4n) is 5.56. The van der Waals surface area contributed by atoms with E-state index in [1.807, 2.05) is 6.07 Å². The molecule has 2 aromatic heterocycles. The highest BCUT2D eigenvalue weighted by molar-refractivity contribution is 7.99. The fraction of sp³-hybridized carbons (Fsp3) is 0.609. The molecule has 9 nitrogen and oxygen atoms in total. The molecule has 1 unspecified atom stereocenters. The monoisotopic (exact) mass is 470 g/mol. The number of aliphatic hydroxyl groups is 1. The number of hydrogen-bond acceptors (Lipinski definition) is 10. The van der Waals surface area contributed by atoms with Crippen LogP contribution in [-0.2, 0) is 11.3 Å². The maximum absolute atomic E-state index is 10.1. The largest absolute Gasteiger partial charge is 0.486 e. The zero-order chi connectivity index (χ0) is 22.4. The number of aromatic nitrogens is 3. The number of nitrogens with zero attached hydrogens (tertiary/aromatic N) is 5. The van der Waals surface area contributed by atoms with Crippen LogP contribution in [0, 0.1) is 5.41 Å². The third-order valence-corrected chi connectivity index (χ3v) is 8.41. The molecule has 3 saturated heterocycles. The number of rotatable bonds is 4. The van der Waals surface area contributed by atoms with Crippen molar-refractivity contribution in [3.63, 3.8) is 0 Å². The first-order chi connectivity index (χ1) is 16.1. The predicted molar refractivity (Wildman–Crippen MR) is 126 cm³/mol. The van der Waals surface area contributed by atoms with Crippen molar-refractivity contribution in [1.29, 1.82) is 0 Å². The number of piperidine rings is 1. The van der Waals surface area contributed by atoms with Gasteiger partial charge in [-0.05, 0) is 43.6 Å². The van der Waals surface area contributed by atoms with Gasteiger partial charge in [0.15, 0.2) is 17.4 Å². The Hall–Kier alpha value is -2.30. The van der Waals surface area contributed by atoms with Gasteiger partial charge in [-0.1, -0.05) is 11.8 Å². The Morgan fingerprint density at radius 1 is 1.18 bits per heavy atom. The summed E-state index contributed by atoms with van der Waals surface area (Å²) >= 11 is 1.46. The maximum atomic E-state index is 10.1. The summed E-state index contributed by atoms with van der Waals surface area (Å²) in [5.41, 5.74) is 7.08. The molecule has 33 heavy (non-hydrogen) atoms. The van der Waals surface area contributed by atoms with E-state index in [1.165, 1.54) is 11.8 Å². The SMILES string of the molecule is Nc1cc(Sc2cnc(N3CCC4(CCOC4)CC3)c(CO)n2)c2c(n1)N1CCCC1CO2. The van der Waals surface area contributed by atoms with Crippen LogP contribution < -0.4 is 20.3 Å². The Morgan fingerprint density at radius 2 is 2.06 bits per heavy atom. The molecular weight excluding hydrogens is 440 g/mol. The van der Waals surface area contributed by atoms with E-state index < -0.39 is 0 Å². The van der Waals surface area contributed by atoms with Crippen molar-refractivity contribution in [2.24, 2.45) is 5.41 Å². The minimum absolute atomic E-state index is 0.149. The summed E-state index contributed by atoms with van der Waals surface area (Å²) in [6, 6.07) is 2.21. The molecule has 6 rings (SSSR count). The van der Waals surface area contributed by atoms with E-state index in [1.54, 1.807) is 6.20 Å². The van der Waals surface area contributed by atoms with E-state index in [0.29, 0.717) is 34.6 Å². The van der Waals surface area contributed by atoms with Crippen LogP contribution in [0.3, 0.4) is 0 Å². The average molecular weight is 471 g/mol. The first-order valence-corrected chi connectivity index (χ1v) is 12.6. The molecule has 0 saturated carbocycles. The van der Waals surface area contributed by atoms with E-state index >= 15 is 0 Å². The minimum atomic E-state index is -0.149. The Bertz CT molecular complexity index is 1040. The van der Waals surface area contributed by atoms with Crippen molar-refractivity contribution in [3.05, 3.63) is 18.0 Å². The summed E-state index contributed by atoms with van der Waals surface area (Å²) in [7, 11) is 0. The highest BCUT2D eigenvalue weighted by Gasteiger charge is 2.39. The molecule has 0 aliphatic carbocycles. The van der Waals surface area contributed by atoms with Gasteiger partial charge in [-0.15, -0.1) is 0 Å². The first-order valence-electron chi connectivity index (χ1n) is 11.8. The van der Waals surface area contributed by atoms with Gasteiger partial charge < -0.3 is 30.1 Å². The quantitative estimate of drug-likeness (QED) is 0.691. The summed E-state index contributed by atoms with van der Waals surface area (Å²) in [6.07, 6.45) is 7.38. The lowest BCUT2D eigenvalue weighted by atomic mass is 9.78. The molecule has 10 heteroatoms. The van der Waals surface area contributed by atoms with Crippen molar-refractivity contribution < 1.29 is 14.6 Å². The second kappa shape index (κ2) is 8.48. The smallest absolute Gasteiger partial charge is 0.176 e. The lowest BCUT2D eigenvalue weighted by Crippen LogP contribution is -2.41. The molecule has 0 aromatic carbocycles. The van der Waals surface area contributed by atoms with Gasteiger partial charge in [-0.25, -0.2) is 15.0 Å². The van der Waals surface area contributed by atoms with Crippen LogP contribution in [0.5, 0.6) is 5.75 Å². The summed E-state index contributed by atoms with van der Waals surface area (Å²) in [5, 5.41) is 10.8. The zero-order valence-electron chi connectivity index (χ0n) is 18.7. The topological polar surface area (TPSA) is 110 Å². The van der Waals surface area contributed by atoms with Crippen molar-refractivity contribution in [2.45, 2.75) is 54.7 Å². The number of aliphatic hydroxyl groups excluding tert-OH is 1. The van der Waals surface area contributed by atoms with Crippen molar-refractivity contribution in [3.8, 4) is 5.75 Å². The van der Waals surface area contributed by atoms with E-state index in [0.717, 1.165) is 87.2 Å². The molecular formula is C23H30N6O3S. The lowest BCUT2D eigenvalue weighted by molar-refractivity contribution is 0.133. The molecule has 4 aliphatic heterocycles. The van der Waals surface area contributed by atoms with Gasteiger partial charge in [0.2, 0.25) is 0 Å². The second-order valence-corrected chi connectivity index (χ2v) is 10.6. The van der Waals surface area contributed by atoms with Crippen LogP contribution in [0.4, 0.5) is 17.5 Å². The number of nitrogen functional groups attached to an aromatic ring is 1. The molecule has 0 amide bonds. The summed E-state index contributed by atoms with van der Waals surface area (Å²) in [6.45, 7) is 5.07. The van der Waals surface area contributed by atoms with Gasteiger partial charge in [0.1, 0.15) is 23.1 Å². The molecule has 4 aliphatic rings. The van der Waals surface area contributed by atoms with Crippen LogP contribution in [0.1, 0.15) is 37.8 Å². The summed E-state index contributed by atoms with van der Waals surface area (Å²) in [4.78, 5) is 19.5. The van der Waals surface area contributed by atoms with Crippen LogP contribution in [0.15, 0.2) is 22.2 Å². The van der Waals surface area contributed by atoms with Crippen LogP contribution >= 0.6 is 11.8 Å². The number of nitrogens with two attached hydrogens (primary N) is 1. The third-order valence-electron chi connectivity index (χ3n) is 7.48. The Balaban J connectivity index is 1.23. The zero-order valence-corrected chi connectivity index (χ0v) is 19.5. The molecule has 1 spiro atoms. The molecule has 3 N–H and O–H groups in total. The maximum Gasteiger partial charge on any atom is 0.176 e. The summed E-state index contributed by atoms with van der Waals surface area (Å²) in [5.74, 6) is 2.85. The number of fused-ring (bicyclic) bond motifs is 3. The highest BCUT2D eigenvalue weighted by Crippen LogP contribution is 2.45. The Labute approximate surface area is 197 Å². The Kier molecular flexibility index (Phi) is 5.46. The predicted octanol–water partition coefficient (Wildman–Crippen LogP) is 2.47. The molecule has 0 radical (unpaired) electrons. The van der Waals surface area contributed by atoms with Crippen molar-refractivity contribution in [2.75, 3.05) is 55.0 Å². The number of ether oxygens (including phenoxy) is 2. The lowest BCUT2D eigenvalue weighted by Gasteiger charge is -2.39. The molecule has 3 fully saturated rings. The van der Waals surface area contributed by atoms with Crippen LogP contribution in [0.2, 0.25) is 0 Å². The average Bonchev–Trinajstić information content (AvgIpc) is 3.50. The first kappa shape index (κ1) is 21.2. The van der Waals surface area contributed by atoms with Gasteiger partial charge in [0.25, 0.3) is 0 Å². The fourth-order valence-corrected chi connectivity index (χ4v) is 6.47. The van der Waals surface area contributed by atoms with Crippen molar-refractivity contribution in [1.82, 2.24) is 15.0 Å². The van der Waals surface area contributed by atoms with E-state index in [-0.39, 0.29) is 6.61 Å². The Morgan fingerprint density at radius 3 is 2.85 bits per heavy atom. The van der Waals surface area contributed by atoms with Gasteiger partial charge in [0, 0.05) is 26.2 Å². The standard InChI is InChI=1S/C23H30N6O3S/c24-18-10-17(20-22(27-18)29-6-1-2-15(29)13-32-20)33-19-11-25-21(16(12-30)26-19)28-7-3-23(4-8-28)5-9-31-14-23/h10-11,15,30H,1-9,12-14H2,(H2,24,27). The number of anilines is 3. The number of pyridine rings is 1. The van der Waals surface area contributed by atoms with E-state index in [4.69, 9.17) is 25.2 Å². The molecule has 6 heterocycles. The highest BCUT2D eigenvalue weighted by atomic mass is 32.2. The van der Waals surface area contributed by atoms with Gasteiger partial charge in [0.05, 0.1) is 30.3 Å². The minimum Gasteiger partial charge on any atom is -0.486 e. The second-order valence-electron chi connectivity index (χ2n) is 9.53. The third kappa shape index (κ3) is 3.87. The molecule has 2 aromatic rings. The van der Waals surface area contributed by atoms with E-state index in [2.05, 4.69) is 14.8 Å². The van der Waals surface area contributed by atoms with E-state index in [9.17, 15) is 5.11 Å². The van der Waals surface area contributed by atoms with Gasteiger partial charge in [-0.2, -0.15) is 0 Å². The number of hydrogen-bond donors (Lipinski definition) is 2.